The van der Waals surface area contributed by atoms with Crippen molar-refractivity contribution in [3.05, 3.63) is 48.2 Å². The van der Waals surface area contributed by atoms with Crippen LogP contribution in [0.5, 0.6) is 5.75 Å². The Labute approximate surface area is 148 Å². The van der Waals surface area contributed by atoms with Gasteiger partial charge >= 0.3 is 5.97 Å². The van der Waals surface area contributed by atoms with Crippen molar-refractivity contribution >= 4 is 5.97 Å². The molecule has 0 bridgehead atoms. The number of hydrogen-bond acceptors (Lipinski definition) is 5. The third-order valence-electron chi connectivity index (χ3n) is 4.56. The van der Waals surface area contributed by atoms with Crippen LogP contribution >= 0.6 is 0 Å². The number of hydrogen-bond donors (Lipinski definition) is 1. The fourth-order valence-corrected chi connectivity index (χ4v) is 3.30. The van der Waals surface area contributed by atoms with Gasteiger partial charge in [0.15, 0.2) is 0 Å². The first-order chi connectivity index (χ1) is 12.2. The molecule has 0 spiro atoms. The minimum atomic E-state index is -0.112. The fraction of sp³-hybridized carbons (Fsp3) is 0.400. The summed E-state index contributed by atoms with van der Waals surface area (Å²) >= 11 is 0. The summed E-state index contributed by atoms with van der Waals surface area (Å²) in [5.41, 5.74) is 2.71. The van der Waals surface area contributed by atoms with E-state index < -0.39 is 0 Å². The number of carbonyl (C=O) groups excluding carboxylic acids is 1. The average Bonchev–Trinajstić information content (AvgIpc) is 2.65. The monoisotopic (exact) mass is 340 g/mol. The molecule has 0 saturated carbocycles. The molecule has 1 aromatic heterocycles. The number of pyridine rings is 1. The lowest BCUT2D eigenvalue weighted by Crippen LogP contribution is -2.38. The predicted octanol–water partition coefficient (Wildman–Crippen LogP) is 3.23. The highest BCUT2D eigenvalue weighted by Crippen LogP contribution is 2.27. The first kappa shape index (κ1) is 17.4. The van der Waals surface area contributed by atoms with Gasteiger partial charge in [0, 0.05) is 30.4 Å². The SMILES string of the molecule is CCOC(=O)C1CCCN(Cc2cc(-c3ccccn3)ccc2O)C1. The van der Waals surface area contributed by atoms with Gasteiger partial charge in [0.2, 0.25) is 0 Å². The van der Waals surface area contributed by atoms with Crippen LogP contribution in [0.3, 0.4) is 0 Å². The highest BCUT2D eigenvalue weighted by molar-refractivity contribution is 5.72. The molecule has 0 radical (unpaired) electrons. The Kier molecular flexibility index (Phi) is 5.66. The summed E-state index contributed by atoms with van der Waals surface area (Å²) < 4.78 is 5.16. The van der Waals surface area contributed by atoms with Crippen LogP contribution in [0.1, 0.15) is 25.3 Å². The van der Waals surface area contributed by atoms with E-state index in [1.54, 1.807) is 12.3 Å². The zero-order valence-corrected chi connectivity index (χ0v) is 14.5. The van der Waals surface area contributed by atoms with Gasteiger partial charge in [-0.25, -0.2) is 0 Å². The molecule has 132 valence electrons. The van der Waals surface area contributed by atoms with Gasteiger partial charge in [0.1, 0.15) is 5.75 Å². The molecule has 2 aromatic rings. The summed E-state index contributed by atoms with van der Waals surface area (Å²) in [5.74, 6) is 0.0893. The fourth-order valence-electron chi connectivity index (χ4n) is 3.30. The van der Waals surface area contributed by atoms with Crippen LogP contribution in [0.4, 0.5) is 0 Å². The maximum Gasteiger partial charge on any atom is 0.310 e. The topological polar surface area (TPSA) is 62.7 Å². The second kappa shape index (κ2) is 8.12. The quantitative estimate of drug-likeness (QED) is 0.847. The molecule has 5 heteroatoms. The maximum absolute atomic E-state index is 12.0. The molecule has 5 nitrogen and oxygen atoms in total. The number of benzene rings is 1. The van der Waals surface area contributed by atoms with Crippen LogP contribution in [-0.4, -0.2) is 40.7 Å². The minimum absolute atomic E-state index is 0.0742. The number of nitrogens with zero attached hydrogens (tertiary/aromatic N) is 2. The van der Waals surface area contributed by atoms with E-state index in [0.717, 1.165) is 36.2 Å². The number of aromatic nitrogens is 1. The number of esters is 1. The van der Waals surface area contributed by atoms with Gasteiger partial charge in [-0.3, -0.25) is 14.7 Å². The number of aromatic hydroxyl groups is 1. The largest absolute Gasteiger partial charge is 0.508 e. The van der Waals surface area contributed by atoms with Crippen molar-refractivity contribution in [3.63, 3.8) is 0 Å². The van der Waals surface area contributed by atoms with Crippen LogP contribution < -0.4 is 0 Å². The average molecular weight is 340 g/mol. The molecule has 1 unspecified atom stereocenters. The van der Waals surface area contributed by atoms with Gasteiger partial charge in [-0.15, -0.1) is 0 Å². The van der Waals surface area contributed by atoms with Gasteiger partial charge in [0.05, 0.1) is 18.2 Å². The van der Waals surface area contributed by atoms with E-state index in [0.29, 0.717) is 19.7 Å². The maximum atomic E-state index is 12.0. The Bertz CT molecular complexity index is 718. The zero-order valence-electron chi connectivity index (χ0n) is 14.5. The summed E-state index contributed by atoms with van der Waals surface area (Å²) in [7, 11) is 0. The molecule has 3 rings (SSSR count). The molecular weight excluding hydrogens is 316 g/mol. The molecule has 2 heterocycles. The van der Waals surface area contributed by atoms with Crippen LogP contribution in [0.25, 0.3) is 11.3 Å². The first-order valence-electron chi connectivity index (χ1n) is 8.79. The Balaban J connectivity index is 1.73. The van der Waals surface area contributed by atoms with Crippen molar-refractivity contribution in [2.75, 3.05) is 19.7 Å². The summed E-state index contributed by atoms with van der Waals surface area (Å²) in [5, 5.41) is 10.2. The van der Waals surface area contributed by atoms with Crippen LogP contribution in [0, 0.1) is 5.92 Å². The van der Waals surface area contributed by atoms with E-state index >= 15 is 0 Å². The van der Waals surface area contributed by atoms with Gasteiger partial charge < -0.3 is 9.84 Å². The predicted molar refractivity (Wildman–Crippen MR) is 96.0 cm³/mol. The molecule has 1 atom stereocenters. The highest BCUT2D eigenvalue weighted by atomic mass is 16.5. The molecular formula is C20H24N2O3. The van der Waals surface area contributed by atoms with Crippen molar-refractivity contribution in [1.29, 1.82) is 0 Å². The van der Waals surface area contributed by atoms with Crippen LogP contribution in [0.15, 0.2) is 42.6 Å². The van der Waals surface area contributed by atoms with Crippen molar-refractivity contribution in [1.82, 2.24) is 9.88 Å². The number of rotatable bonds is 5. The van der Waals surface area contributed by atoms with E-state index in [1.165, 1.54) is 0 Å². The van der Waals surface area contributed by atoms with Gasteiger partial charge in [0.25, 0.3) is 0 Å². The van der Waals surface area contributed by atoms with Crippen LogP contribution in [0.2, 0.25) is 0 Å². The van der Waals surface area contributed by atoms with E-state index in [1.807, 2.05) is 37.3 Å². The summed E-state index contributed by atoms with van der Waals surface area (Å²) in [6, 6.07) is 11.3. The van der Waals surface area contributed by atoms with Crippen molar-refractivity contribution in [2.45, 2.75) is 26.3 Å². The van der Waals surface area contributed by atoms with Crippen molar-refractivity contribution < 1.29 is 14.6 Å². The van der Waals surface area contributed by atoms with E-state index in [9.17, 15) is 9.90 Å². The summed E-state index contributed by atoms with van der Waals surface area (Å²) in [4.78, 5) is 18.6. The lowest BCUT2D eigenvalue weighted by Gasteiger charge is -2.31. The number of carbonyl (C=O) groups is 1. The van der Waals surface area contributed by atoms with E-state index in [4.69, 9.17) is 4.74 Å². The third kappa shape index (κ3) is 4.37. The minimum Gasteiger partial charge on any atom is -0.508 e. The second-order valence-corrected chi connectivity index (χ2v) is 6.38. The molecule has 1 N–H and O–H groups in total. The number of phenols is 1. The molecule has 1 aliphatic heterocycles. The number of piperidine rings is 1. The summed E-state index contributed by atoms with van der Waals surface area (Å²) in [6.45, 7) is 4.46. The van der Waals surface area contributed by atoms with Crippen LogP contribution in [-0.2, 0) is 16.1 Å². The summed E-state index contributed by atoms with van der Waals surface area (Å²) in [6.07, 6.45) is 3.59. The standard InChI is InChI=1S/C20H24N2O3/c1-2-25-20(24)16-6-5-11-22(13-16)14-17-12-15(8-9-19(17)23)18-7-3-4-10-21-18/h3-4,7-10,12,16,23H,2,5-6,11,13-14H2,1H3. The Morgan fingerprint density at radius 3 is 3.00 bits per heavy atom. The van der Waals surface area contributed by atoms with E-state index in [-0.39, 0.29) is 17.6 Å². The van der Waals surface area contributed by atoms with E-state index in [2.05, 4.69) is 9.88 Å². The smallest absolute Gasteiger partial charge is 0.310 e. The lowest BCUT2D eigenvalue weighted by molar-refractivity contribution is -0.150. The van der Waals surface area contributed by atoms with Gasteiger partial charge in [-0.05, 0) is 56.6 Å². The molecule has 1 aromatic carbocycles. The van der Waals surface area contributed by atoms with Gasteiger partial charge in [-0.2, -0.15) is 0 Å². The van der Waals surface area contributed by atoms with Crippen molar-refractivity contribution in [3.8, 4) is 17.0 Å². The molecule has 0 amide bonds. The Morgan fingerprint density at radius 1 is 1.36 bits per heavy atom. The highest BCUT2D eigenvalue weighted by Gasteiger charge is 2.27. The second-order valence-electron chi connectivity index (χ2n) is 6.38. The zero-order chi connectivity index (χ0) is 17.6. The lowest BCUT2D eigenvalue weighted by atomic mass is 9.97. The Morgan fingerprint density at radius 2 is 2.24 bits per heavy atom. The molecule has 0 aliphatic carbocycles. The third-order valence-corrected chi connectivity index (χ3v) is 4.56. The molecule has 1 aliphatic rings. The molecule has 25 heavy (non-hydrogen) atoms. The molecule has 1 fully saturated rings. The van der Waals surface area contributed by atoms with Gasteiger partial charge in [-0.1, -0.05) is 6.07 Å². The Hall–Kier alpha value is -2.40. The number of phenolic OH excluding ortho intramolecular Hbond substituents is 1. The number of likely N-dealkylation sites (tertiary alicyclic amines) is 1. The molecule has 1 saturated heterocycles. The number of ether oxygens (including phenoxy) is 1. The van der Waals surface area contributed by atoms with Crippen molar-refractivity contribution in [2.24, 2.45) is 5.92 Å². The first-order valence-corrected chi connectivity index (χ1v) is 8.79. The normalized spacial score (nSPS) is 18.0.